The largest absolute Gasteiger partial charge is 0.355 e. The summed E-state index contributed by atoms with van der Waals surface area (Å²) in [7, 11) is 0. The van der Waals surface area contributed by atoms with Crippen LogP contribution in [0, 0.1) is 5.92 Å². The van der Waals surface area contributed by atoms with E-state index in [2.05, 4.69) is 85.8 Å². The number of benzene rings is 1. The number of hydrogen-bond donors (Lipinski definition) is 1. The van der Waals surface area contributed by atoms with Crippen LogP contribution in [0.5, 0.6) is 0 Å². The number of pyridine rings is 1. The van der Waals surface area contributed by atoms with Crippen LogP contribution in [0.2, 0.25) is 0 Å². The summed E-state index contributed by atoms with van der Waals surface area (Å²) < 4.78 is 0. The molecule has 1 aliphatic carbocycles. The standard InChI is InChI=1S/C35H40N2/c1-5-14-32-33(6-2)37-27(4)34(35(32)30-18-11-8-12-19-30)26(3)21-22-29-23-24-31(36-25-29)20-13-17-28-15-9-7-10-16-28/h5-6,8,11-12,14,18-19,21-25,28,37H,2-4,7,9-10,13,15-17,20H2,1H3/b14-5-,22-21+. The maximum absolute atomic E-state index is 4.74. The van der Waals surface area contributed by atoms with Gasteiger partial charge in [-0.1, -0.05) is 119 Å². The molecule has 2 heteroatoms. The topological polar surface area (TPSA) is 24.9 Å². The van der Waals surface area contributed by atoms with Crippen LogP contribution in [0.1, 0.15) is 68.7 Å². The summed E-state index contributed by atoms with van der Waals surface area (Å²) in [5.74, 6) is 0.937. The predicted octanol–water partition coefficient (Wildman–Crippen LogP) is 9.14. The second-order valence-corrected chi connectivity index (χ2v) is 10.1. The molecule has 1 N–H and O–H groups in total. The monoisotopic (exact) mass is 488 g/mol. The van der Waals surface area contributed by atoms with Crippen molar-refractivity contribution in [1.29, 1.82) is 0 Å². The van der Waals surface area contributed by atoms with Crippen LogP contribution in [0.15, 0.2) is 121 Å². The Balaban J connectivity index is 1.52. The first-order valence-corrected chi connectivity index (χ1v) is 13.7. The molecule has 0 radical (unpaired) electrons. The van der Waals surface area contributed by atoms with Crippen LogP contribution >= 0.6 is 0 Å². The first-order chi connectivity index (χ1) is 18.1. The average molecular weight is 489 g/mol. The van der Waals surface area contributed by atoms with E-state index in [1.165, 1.54) is 50.6 Å². The number of nitrogens with one attached hydrogen (secondary N) is 1. The van der Waals surface area contributed by atoms with Crippen molar-refractivity contribution in [2.45, 2.75) is 58.3 Å². The Bertz CT molecular complexity index is 1230. The molecule has 2 aromatic rings. The van der Waals surface area contributed by atoms with Gasteiger partial charge in [0.25, 0.3) is 0 Å². The molecule has 0 atom stereocenters. The van der Waals surface area contributed by atoms with E-state index in [0.717, 1.165) is 57.2 Å². The van der Waals surface area contributed by atoms with E-state index in [4.69, 9.17) is 4.98 Å². The van der Waals surface area contributed by atoms with Crippen LogP contribution in [0.4, 0.5) is 0 Å². The van der Waals surface area contributed by atoms with Crippen molar-refractivity contribution in [1.82, 2.24) is 10.3 Å². The third kappa shape index (κ3) is 6.77. The third-order valence-corrected chi connectivity index (χ3v) is 7.41. The lowest BCUT2D eigenvalue weighted by Gasteiger charge is -2.28. The van der Waals surface area contributed by atoms with Gasteiger partial charge in [0.05, 0.1) is 0 Å². The number of rotatable bonds is 10. The first kappa shape index (κ1) is 26.4. The van der Waals surface area contributed by atoms with Gasteiger partial charge in [0.2, 0.25) is 0 Å². The van der Waals surface area contributed by atoms with E-state index in [9.17, 15) is 0 Å². The number of dihydropyridines is 1. The number of allylic oxidation sites excluding steroid dienone is 7. The number of aromatic nitrogens is 1. The van der Waals surface area contributed by atoms with Crippen molar-refractivity contribution in [3.05, 3.63) is 138 Å². The van der Waals surface area contributed by atoms with E-state index in [1.54, 1.807) is 0 Å². The van der Waals surface area contributed by atoms with Gasteiger partial charge in [-0.3, -0.25) is 4.98 Å². The fourth-order valence-electron chi connectivity index (χ4n) is 5.48. The molecule has 1 aliphatic heterocycles. The van der Waals surface area contributed by atoms with Gasteiger partial charge >= 0.3 is 0 Å². The second kappa shape index (κ2) is 13.1. The molecule has 1 saturated carbocycles. The van der Waals surface area contributed by atoms with E-state index < -0.39 is 0 Å². The highest BCUT2D eigenvalue weighted by atomic mass is 14.9. The minimum absolute atomic E-state index is 0.822. The Kier molecular flexibility index (Phi) is 9.32. The Labute approximate surface area is 223 Å². The van der Waals surface area contributed by atoms with Crippen molar-refractivity contribution in [3.8, 4) is 0 Å². The summed E-state index contributed by atoms with van der Waals surface area (Å²) in [5.41, 5.74) is 9.26. The molecule has 190 valence electrons. The summed E-state index contributed by atoms with van der Waals surface area (Å²) in [5, 5.41) is 3.43. The first-order valence-electron chi connectivity index (χ1n) is 13.7. The fourth-order valence-corrected chi connectivity index (χ4v) is 5.48. The van der Waals surface area contributed by atoms with Gasteiger partial charge in [0.15, 0.2) is 0 Å². The summed E-state index contributed by atoms with van der Waals surface area (Å²) in [6.07, 6.45) is 22.9. The molecule has 0 saturated heterocycles. The van der Waals surface area contributed by atoms with Crippen molar-refractivity contribution in [2.75, 3.05) is 0 Å². The number of hydrogen-bond acceptors (Lipinski definition) is 2. The van der Waals surface area contributed by atoms with Crippen LogP contribution in [-0.2, 0) is 6.42 Å². The second-order valence-electron chi connectivity index (χ2n) is 10.1. The molecule has 37 heavy (non-hydrogen) atoms. The Morgan fingerprint density at radius 3 is 2.51 bits per heavy atom. The molecule has 4 rings (SSSR count). The van der Waals surface area contributed by atoms with E-state index in [0.29, 0.717) is 0 Å². The molecular weight excluding hydrogens is 448 g/mol. The molecule has 0 amide bonds. The van der Waals surface area contributed by atoms with Crippen LogP contribution in [0.3, 0.4) is 0 Å². The highest BCUT2D eigenvalue weighted by Crippen LogP contribution is 2.39. The van der Waals surface area contributed by atoms with Crippen LogP contribution in [-0.4, -0.2) is 4.98 Å². The molecule has 0 unspecified atom stereocenters. The molecule has 0 spiro atoms. The SMILES string of the molecule is C=CC1=C(/C=C\C)C(c2ccccc2)=C(C(=C)/C=C/c2ccc(CCCC3CCCCC3)nc2)C(=C)N1. The zero-order valence-electron chi connectivity index (χ0n) is 22.3. The Morgan fingerprint density at radius 1 is 1.05 bits per heavy atom. The molecule has 1 aromatic heterocycles. The molecule has 2 heterocycles. The van der Waals surface area contributed by atoms with Crippen molar-refractivity contribution >= 4 is 11.6 Å². The van der Waals surface area contributed by atoms with E-state index in [1.807, 2.05) is 25.3 Å². The highest BCUT2D eigenvalue weighted by Gasteiger charge is 2.23. The minimum Gasteiger partial charge on any atom is -0.355 e. The maximum atomic E-state index is 4.74. The lowest BCUT2D eigenvalue weighted by Crippen LogP contribution is -2.21. The Hall–Kier alpha value is -3.65. The van der Waals surface area contributed by atoms with E-state index >= 15 is 0 Å². The zero-order chi connectivity index (χ0) is 26.0. The maximum Gasteiger partial charge on any atom is 0.0458 e. The number of aryl methyl sites for hydroxylation is 1. The molecule has 2 aliphatic rings. The number of nitrogens with zero attached hydrogens (tertiary/aromatic N) is 1. The van der Waals surface area contributed by atoms with E-state index in [-0.39, 0.29) is 0 Å². The van der Waals surface area contributed by atoms with Gasteiger partial charge in [0.1, 0.15) is 0 Å². The zero-order valence-corrected chi connectivity index (χ0v) is 22.3. The lowest BCUT2D eigenvalue weighted by molar-refractivity contribution is 0.332. The average Bonchev–Trinajstić information content (AvgIpc) is 2.94. The van der Waals surface area contributed by atoms with Gasteiger partial charge < -0.3 is 5.32 Å². The van der Waals surface area contributed by atoms with Gasteiger partial charge in [-0.15, -0.1) is 0 Å². The predicted molar refractivity (Wildman–Crippen MR) is 160 cm³/mol. The summed E-state index contributed by atoms with van der Waals surface area (Å²) in [6, 6.07) is 14.8. The normalized spacial score (nSPS) is 17.1. The smallest absolute Gasteiger partial charge is 0.0458 e. The van der Waals surface area contributed by atoms with Gasteiger partial charge in [-0.25, -0.2) is 0 Å². The summed E-state index contributed by atoms with van der Waals surface area (Å²) in [4.78, 5) is 4.74. The Morgan fingerprint density at radius 2 is 1.84 bits per heavy atom. The van der Waals surface area contributed by atoms with Crippen LogP contribution in [0.25, 0.3) is 11.6 Å². The third-order valence-electron chi connectivity index (χ3n) is 7.41. The molecule has 1 aromatic carbocycles. The lowest BCUT2D eigenvalue weighted by atomic mass is 9.84. The molecular formula is C35H40N2. The summed E-state index contributed by atoms with van der Waals surface area (Å²) in [6.45, 7) is 14.8. The van der Waals surface area contributed by atoms with Gasteiger partial charge in [0, 0.05) is 40.0 Å². The van der Waals surface area contributed by atoms with Gasteiger partial charge in [-0.05, 0) is 54.5 Å². The molecule has 1 fully saturated rings. The molecule has 0 bridgehead atoms. The van der Waals surface area contributed by atoms with Crippen LogP contribution < -0.4 is 5.32 Å². The van der Waals surface area contributed by atoms with Crippen molar-refractivity contribution in [3.63, 3.8) is 0 Å². The summed E-state index contributed by atoms with van der Waals surface area (Å²) >= 11 is 0. The van der Waals surface area contributed by atoms with Crippen molar-refractivity contribution < 1.29 is 0 Å². The highest BCUT2D eigenvalue weighted by molar-refractivity contribution is 5.92. The molecule has 2 nitrogen and oxygen atoms in total. The fraction of sp³-hybridized carbons (Fsp3) is 0.286. The van der Waals surface area contributed by atoms with Gasteiger partial charge in [-0.2, -0.15) is 0 Å². The quantitative estimate of drug-likeness (QED) is 0.337. The minimum atomic E-state index is 0.822. The van der Waals surface area contributed by atoms with Crippen molar-refractivity contribution in [2.24, 2.45) is 5.92 Å².